The number of carbonyl (C=O) groups excluding carboxylic acids is 1. The first-order valence-electron chi connectivity index (χ1n) is 8.64. The lowest BCUT2D eigenvalue weighted by Gasteiger charge is -2.22. The van der Waals surface area contributed by atoms with Crippen molar-refractivity contribution in [2.45, 2.75) is 27.3 Å². The van der Waals surface area contributed by atoms with E-state index >= 15 is 0 Å². The number of hydrogen-bond donors (Lipinski definition) is 2. The van der Waals surface area contributed by atoms with E-state index in [-0.39, 0.29) is 18.3 Å². The van der Waals surface area contributed by atoms with E-state index in [1.54, 1.807) is 18.2 Å². The molecule has 0 bridgehead atoms. The summed E-state index contributed by atoms with van der Waals surface area (Å²) < 4.78 is 13.5. The smallest absolute Gasteiger partial charge is 0.238 e. The van der Waals surface area contributed by atoms with Crippen molar-refractivity contribution in [1.82, 2.24) is 5.32 Å². The predicted octanol–water partition coefficient (Wildman–Crippen LogP) is 3.71. The Morgan fingerprint density at radius 3 is 2.48 bits per heavy atom. The molecular weight excluding hydrogens is 317 g/mol. The minimum Gasteiger partial charge on any atom is -0.372 e. The van der Waals surface area contributed by atoms with Gasteiger partial charge in [-0.1, -0.05) is 18.2 Å². The molecule has 0 atom stereocenters. The molecule has 25 heavy (non-hydrogen) atoms. The van der Waals surface area contributed by atoms with Crippen LogP contribution < -0.4 is 15.5 Å². The van der Waals surface area contributed by atoms with E-state index in [2.05, 4.69) is 35.4 Å². The first kappa shape index (κ1) is 18.9. The summed E-state index contributed by atoms with van der Waals surface area (Å²) >= 11 is 0. The van der Waals surface area contributed by atoms with E-state index in [9.17, 15) is 9.18 Å². The van der Waals surface area contributed by atoms with Crippen LogP contribution in [0.2, 0.25) is 0 Å². The third-order valence-corrected chi connectivity index (χ3v) is 4.17. The van der Waals surface area contributed by atoms with Crippen LogP contribution in [0.1, 0.15) is 25.0 Å². The van der Waals surface area contributed by atoms with E-state index in [4.69, 9.17) is 0 Å². The Kier molecular flexibility index (Phi) is 6.95. The topological polar surface area (TPSA) is 44.4 Å². The van der Waals surface area contributed by atoms with Gasteiger partial charge in [0, 0.05) is 36.6 Å². The maximum atomic E-state index is 13.5. The van der Waals surface area contributed by atoms with Crippen LogP contribution in [0.4, 0.5) is 15.8 Å². The molecule has 134 valence electrons. The monoisotopic (exact) mass is 343 g/mol. The van der Waals surface area contributed by atoms with Crippen LogP contribution in [0.3, 0.4) is 0 Å². The van der Waals surface area contributed by atoms with Gasteiger partial charge in [-0.25, -0.2) is 4.39 Å². The lowest BCUT2D eigenvalue weighted by Crippen LogP contribution is -2.28. The SMILES string of the molecule is CCN(CC)c1ccc(NC(=O)CNCc2ccccc2F)c(C)c1. The number of aryl methyl sites for hydroxylation is 1. The number of amides is 1. The van der Waals surface area contributed by atoms with Gasteiger partial charge in [-0.15, -0.1) is 0 Å². The van der Waals surface area contributed by atoms with Crippen LogP contribution >= 0.6 is 0 Å². The zero-order chi connectivity index (χ0) is 18.2. The highest BCUT2D eigenvalue weighted by Gasteiger charge is 2.08. The maximum absolute atomic E-state index is 13.5. The maximum Gasteiger partial charge on any atom is 0.238 e. The summed E-state index contributed by atoms with van der Waals surface area (Å²) in [6.07, 6.45) is 0. The molecule has 2 rings (SSSR count). The molecule has 0 saturated heterocycles. The average Bonchev–Trinajstić information content (AvgIpc) is 2.60. The minimum atomic E-state index is -0.266. The molecule has 0 saturated carbocycles. The Bertz CT molecular complexity index is 714. The number of nitrogens with one attached hydrogen (secondary N) is 2. The van der Waals surface area contributed by atoms with Crippen molar-refractivity contribution in [2.24, 2.45) is 0 Å². The summed E-state index contributed by atoms with van der Waals surface area (Å²) in [7, 11) is 0. The van der Waals surface area contributed by atoms with Crippen molar-refractivity contribution in [2.75, 3.05) is 29.9 Å². The number of carbonyl (C=O) groups is 1. The minimum absolute atomic E-state index is 0.131. The second kappa shape index (κ2) is 9.18. The van der Waals surface area contributed by atoms with Crippen molar-refractivity contribution < 1.29 is 9.18 Å². The normalized spacial score (nSPS) is 10.6. The van der Waals surface area contributed by atoms with E-state index in [0.717, 1.165) is 30.0 Å². The lowest BCUT2D eigenvalue weighted by atomic mass is 10.1. The van der Waals surface area contributed by atoms with E-state index in [1.165, 1.54) is 6.07 Å². The molecule has 0 aliphatic carbocycles. The molecule has 0 aromatic heterocycles. The summed E-state index contributed by atoms with van der Waals surface area (Å²) in [5.41, 5.74) is 3.52. The van der Waals surface area contributed by atoms with Crippen molar-refractivity contribution in [1.29, 1.82) is 0 Å². The molecule has 0 aliphatic heterocycles. The molecule has 1 amide bonds. The number of anilines is 2. The molecule has 0 unspecified atom stereocenters. The van der Waals surface area contributed by atoms with Crippen molar-refractivity contribution in [3.05, 3.63) is 59.4 Å². The van der Waals surface area contributed by atoms with Crippen LogP contribution in [-0.4, -0.2) is 25.5 Å². The summed E-state index contributed by atoms with van der Waals surface area (Å²) in [4.78, 5) is 14.4. The predicted molar refractivity (Wildman–Crippen MR) is 101 cm³/mol. The Balaban J connectivity index is 1.89. The number of benzene rings is 2. The van der Waals surface area contributed by atoms with Gasteiger partial charge in [-0.05, 0) is 50.6 Å². The molecule has 2 N–H and O–H groups in total. The highest BCUT2D eigenvalue weighted by Crippen LogP contribution is 2.22. The van der Waals surface area contributed by atoms with Gasteiger partial charge in [0.1, 0.15) is 5.82 Å². The highest BCUT2D eigenvalue weighted by molar-refractivity contribution is 5.93. The van der Waals surface area contributed by atoms with Gasteiger partial charge in [0.25, 0.3) is 0 Å². The second-order valence-electron chi connectivity index (χ2n) is 5.91. The van der Waals surface area contributed by atoms with Gasteiger partial charge in [0.2, 0.25) is 5.91 Å². The highest BCUT2D eigenvalue weighted by atomic mass is 19.1. The van der Waals surface area contributed by atoms with E-state index in [0.29, 0.717) is 12.1 Å². The van der Waals surface area contributed by atoms with Gasteiger partial charge >= 0.3 is 0 Å². The van der Waals surface area contributed by atoms with Gasteiger partial charge in [0.15, 0.2) is 0 Å². The largest absolute Gasteiger partial charge is 0.372 e. The quantitative estimate of drug-likeness (QED) is 0.768. The molecule has 2 aromatic carbocycles. The van der Waals surface area contributed by atoms with Crippen LogP contribution in [0.25, 0.3) is 0 Å². The lowest BCUT2D eigenvalue weighted by molar-refractivity contribution is -0.115. The van der Waals surface area contributed by atoms with Crippen molar-refractivity contribution in [3.8, 4) is 0 Å². The fourth-order valence-electron chi connectivity index (χ4n) is 2.72. The van der Waals surface area contributed by atoms with Crippen LogP contribution in [-0.2, 0) is 11.3 Å². The molecule has 0 heterocycles. The van der Waals surface area contributed by atoms with Gasteiger partial charge in [-0.3, -0.25) is 4.79 Å². The Hall–Kier alpha value is -2.40. The van der Waals surface area contributed by atoms with E-state index < -0.39 is 0 Å². The first-order chi connectivity index (χ1) is 12.0. The van der Waals surface area contributed by atoms with Gasteiger partial charge < -0.3 is 15.5 Å². The molecule has 2 aromatic rings. The zero-order valence-electron chi connectivity index (χ0n) is 15.1. The average molecular weight is 343 g/mol. The van der Waals surface area contributed by atoms with Crippen LogP contribution in [0.5, 0.6) is 0 Å². The third kappa shape index (κ3) is 5.29. The van der Waals surface area contributed by atoms with Crippen molar-refractivity contribution >= 4 is 17.3 Å². The Labute approximate surface area is 149 Å². The molecule has 4 nitrogen and oxygen atoms in total. The first-order valence-corrected chi connectivity index (χ1v) is 8.64. The molecular formula is C20H26FN3O. The van der Waals surface area contributed by atoms with E-state index in [1.807, 2.05) is 19.1 Å². The fourth-order valence-corrected chi connectivity index (χ4v) is 2.72. The molecule has 0 fully saturated rings. The summed E-state index contributed by atoms with van der Waals surface area (Å²) in [6, 6.07) is 12.6. The standard InChI is InChI=1S/C20H26FN3O/c1-4-24(5-2)17-10-11-19(15(3)12-17)23-20(25)14-22-13-16-8-6-7-9-18(16)21/h6-12,22H,4-5,13-14H2,1-3H3,(H,23,25). The van der Waals surface area contributed by atoms with Gasteiger partial charge in [-0.2, -0.15) is 0 Å². The molecule has 5 heteroatoms. The zero-order valence-corrected chi connectivity index (χ0v) is 15.1. The van der Waals surface area contributed by atoms with Crippen LogP contribution in [0, 0.1) is 12.7 Å². The third-order valence-electron chi connectivity index (χ3n) is 4.17. The molecule has 0 radical (unpaired) electrons. The molecule has 0 spiro atoms. The summed E-state index contributed by atoms with van der Waals surface area (Å²) in [5, 5.41) is 5.87. The Morgan fingerprint density at radius 2 is 1.84 bits per heavy atom. The summed E-state index contributed by atoms with van der Waals surface area (Å²) in [5.74, 6) is -0.409. The number of nitrogens with zero attached hydrogens (tertiary/aromatic N) is 1. The number of rotatable bonds is 8. The van der Waals surface area contributed by atoms with Crippen LogP contribution in [0.15, 0.2) is 42.5 Å². The number of hydrogen-bond acceptors (Lipinski definition) is 3. The fraction of sp³-hybridized carbons (Fsp3) is 0.350. The summed E-state index contributed by atoms with van der Waals surface area (Å²) in [6.45, 7) is 8.57. The Morgan fingerprint density at radius 1 is 1.12 bits per heavy atom. The van der Waals surface area contributed by atoms with Crippen molar-refractivity contribution in [3.63, 3.8) is 0 Å². The second-order valence-corrected chi connectivity index (χ2v) is 5.91. The number of halogens is 1. The molecule has 0 aliphatic rings. The van der Waals surface area contributed by atoms with Gasteiger partial charge in [0.05, 0.1) is 6.54 Å².